The van der Waals surface area contributed by atoms with Gasteiger partial charge < -0.3 is 0 Å². The van der Waals surface area contributed by atoms with E-state index in [-0.39, 0.29) is 0 Å². The van der Waals surface area contributed by atoms with Crippen molar-refractivity contribution in [1.29, 1.82) is 0 Å². The molecular weight excluding hydrogens is 172 g/mol. The Morgan fingerprint density at radius 2 is 1.14 bits per heavy atom. The lowest BCUT2D eigenvalue weighted by Gasteiger charge is -2.50. The predicted molar refractivity (Wildman–Crippen MR) is 58.4 cm³/mol. The van der Waals surface area contributed by atoms with Gasteiger partial charge >= 0.3 is 0 Å². The summed E-state index contributed by atoms with van der Waals surface area (Å²) in [4.78, 5) is 5.55. The highest BCUT2D eigenvalue weighted by molar-refractivity contribution is 4.92. The molecule has 3 aliphatic heterocycles. The second-order valence-electron chi connectivity index (χ2n) is 5.29. The molecule has 2 heteroatoms. The summed E-state index contributed by atoms with van der Waals surface area (Å²) in [6, 6.07) is 1.83. The standard InChI is InChI=1S/C12H22N2/c1-3-7-13-10-12-6-2-4-8-14(12)9-11(13)5-1/h11-12H,1-10H2. The van der Waals surface area contributed by atoms with Gasteiger partial charge in [-0.25, -0.2) is 0 Å². The quantitative estimate of drug-likeness (QED) is 0.579. The van der Waals surface area contributed by atoms with E-state index in [0.717, 1.165) is 12.1 Å². The van der Waals surface area contributed by atoms with E-state index in [9.17, 15) is 0 Å². The van der Waals surface area contributed by atoms with Gasteiger partial charge in [0.15, 0.2) is 0 Å². The van der Waals surface area contributed by atoms with Gasteiger partial charge in [0.25, 0.3) is 0 Å². The highest BCUT2D eigenvalue weighted by Gasteiger charge is 2.35. The van der Waals surface area contributed by atoms with Crippen molar-refractivity contribution in [2.24, 2.45) is 0 Å². The smallest absolute Gasteiger partial charge is 0.0223 e. The van der Waals surface area contributed by atoms with Crippen molar-refractivity contribution in [3.8, 4) is 0 Å². The number of rotatable bonds is 0. The normalized spacial score (nSPS) is 40.3. The van der Waals surface area contributed by atoms with Crippen LogP contribution in [0.1, 0.15) is 38.5 Å². The molecule has 2 atom stereocenters. The van der Waals surface area contributed by atoms with Crippen molar-refractivity contribution >= 4 is 0 Å². The van der Waals surface area contributed by atoms with Crippen LogP contribution in [-0.2, 0) is 0 Å². The molecule has 3 saturated heterocycles. The zero-order valence-corrected chi connectivity index (χ0v) is 9.12. The maximum atomic E-state index is 2.77. The summed E-state index contributed by atoms with van der Waals surface area (Å²) in [5.41, 5.74) is 0. The number of hydrogen-bond acceptors (Lipinski definition) is 2. The second-order valence-corrected chi connectivity index (χ2v) is 5.29. The highest BCUT2D eigenvalue weighted by Crippen LogP contribution is 2.28. The summed E-state index contributed by atoms with van der Waals surface area (Å²) in [6.45, 7) is 5.53. The molecule has 3 heterocycles. The van der Waals surface area contributed by atoms with Crippen LogP contribution in [0.2, 0.25) is 0 Å². The van der Waals surface area contributed by atoms with Crippen molar-refractivity contribution in [3.63, 3.8) is 0 Å². The Kier molecular flexibility index (Phi) is 2.50. The lowest BCUT2D eigenvalue weighted by Crippen LogP contribution is -2.60. The molecule has 80 valence electrons. The van der Waals surface area contributed by atoms with Gasteiger partial charge in [-0.1, -0.05) is 12.8 Å². The molecule has 0 aromatic heterocycles. The van der Waals surface area contributed by atoms with Gasteiger partial charge in [-0.3, -0.25) is 9.80 Å². The van der Waals surface area contributed by atoms with Gasteiger partial charge in [0.05, 0.1) is 0 Å². The summed E-state index contributed by atoms with van der Waals surface area (Å²) in [6.07, 6.45) is 8.76. The third-order valence-corrected chi connectivity index (χ3v) is 4.39. The van der Waals surface area contributed by atoms with Crippen LogP contribution in [0.5, 0.6) is 0 Å². The first-order valence-corrected chi connectivity index (χ1v) is 6.41. The Labute approximate surface area is 87.3 Å². The van der Waals surface area contributed by atoms with Crippen molar-refractivity contribution in [2.75, 3.05) is 26.2 Å². The first kappa shape index (κ1) is 9.17. The molecule has 0 aliphatic carbocycles. The highest BCUT2D eigenvalue weighted by atomic mass is 15.3. The zero-order valence-electron chi connectivity index (χ0n) is 9.12. The van der Waals surface area contributed by atoms with Crippen LogP contribution >= 0.6 is 0 Å². The van der Waals surface area contributed by atoms with Crippen LogP contribution in [0.25, 0.3) is 0 Å². The third-order valence-electron chi connectivity index (χ3n) is 4.39. The fourth-order valence-electron chi connectivity index (χ4n) is 3.56. The minimum atomic E-state index is 0.915. The third kappa shape index (κ3) is 1.59. The maximum Gasteiger partial charge on any atom is 0.0223 e. The maximum absolute atomic E-state index is 2.77. The lowest BCUT2D eigenvalue weighted by atomic mass is 9.92. The first-order valence-electron chi connectivity index (χ1n) is 6.41. The van der Waals surface area contributed by atoms with Gasteiger partial charge in [0, 0.05) is 25.2 Å². The molecule has 0 radical (unpaired) electrons. The topological polar surface area (TPSA) is 6.48 Å². The second kappa shape index (κ2) is 3.82. The van der Waals surface area contributed by atoms with Crippen LogP contribution in [0.4, 0.5) is 0 Å². The van der Waals surface area contributed by atoms with E-state index >= 15 is 0 Å². The van der Waals surface area contributed by atoms with E-state index < -0.39 is 0 Å². The zero-order chi connectivity index (χ0) is 9.38. The summed E-state index contributed by atoms with van der Waals surface area (Å²) in [5, 5.41) is 0. The average Bonchev–Trinajstić information content (AvgIpc) is 2.26. The SMILES string of the molecule is C1CCN2CC3CCCCN3CC2C1. The summed E-state index contributed by atoms with van der Waals surface area (Å²) < 4.78 is 0. The molecule has 0 N–H and O–H groups in total. The number of hydrogen-bond donors (Lipinski definition) is 0. The van der Waals surface area contributed by atoms with E-state index in [4.69, 9.17) is 0 Å². The van der Waals surface area contributed by atoms with E-state index in [1.165, 1.54) is 64.7 Å². The Bertz CT molecular complexity index is 162. The lowest BCUT2D eigenvalue weighted by molar-refractivity contribution is -0.00717. The summed E-state index contributed by atoms with van der Waals surface area (Å²) in [7, 11) is 0. The van der Waals surface area contributed by atoms with Crippen LogP contribution in [0.3, 0.4) is 0 Å². The van der Waals surface area contributed by atoms with E-state index in [2.05, 4.69) is 9.80 Å². The average molecular weight is 194 g/mol. The van der Waals surface area contributed by atoms with Gasteiger partial charge in [-0.15, -0.1) is 0 Å². The molecule has 0 amide bonds. The van der Waals surface area contributed by atoms with Crippen LogP contribution in [0, 0.1) is 0 Å². The molecule has 0 aromatic carbocycles. The minimum Gasteiger partial charge on any atom is -0.298 e. The Balaban J connectivity index is 1.68. The number of piperazine rings is 1. The van der Waals surface area contributed by atoms with Crippen LogP contribution in [-0.4, -0.2) is 48.1 Å². The fourth-order valence-corrected chi connectivity index (χ4v) is 3.56. The van der Waals surface area contributed by atoms with Gasteiger partial charge in [-0.05, 0) is 38.8 Å². The van der Waals surface area contributed by atoms with Crippen molar-refractivity contribution in [2.45, 2.75) is 50.6 Å². The number of piperidine rings is 2. The number of fused-ring (bicyclic) bond motifs is 2. The van der Waals surface area contributed by atoms with Crippen molar-refractivity contribution < 1.29 is 0 Å². The molecule has 0 aromatic rings. The molecular formula is C12H22N2. The minimum absolute atomic E-state index is 0.915. The van der Waals surface area contributed by atoms with Crippen molar-refractivity contribution in [3.05, 3.63) is 0 Å². The van der Waals surface area contributed by atoms with E-state index in [1.807, 2.05) is 0 Å². The molecule has 14 heavy (non-hydrogen) atoms. The molecule has 3 fully saturated rings. The monoisotopic (exact) mass is 194 g/mol. The fraction of sp³-hybridized carbons (Fsp3) is 1.00. The Hall–Kier alpha value is -0.0800. The van der Waals surface area contributed by atoms with Gasteiger partial charge in [0.2, 0.25) is 0 Å². The predicted octanol–water partition coefficient (Wildman–Crippen LogP) is 1.71. The largest absolute Gasteiger partial charge is 0.298 e. The van der Waals surface area contributed by atoms with Gasteiger partial charge in [-0.2, -0.15) is 0 Å². The molecule has 2 nitrogen and oxygen atoms in total. The Morgan fingerprint density at radius 1 is 0.643 bits per heavy atom. The van der Waals surface area contributed by atoms with E-state index in [1.54, 1.807) is 0 Å². The van der Waals surface area contributed by atoms with Gasteiger partial charge in [0.1, 0.15) is 0 Å². The summed E-state index contributed by atoms with van der Waals surface area (Å²) in [5.74, 6) is 0. The first-order chi connectivity index (χ1) is 6.93. The van der Waals surface area contributed by atoms with E-state index in [0.29, 0.717) is 0 Å². The van der Waals surface area contributed by atoms with Crippen LogP contribution in [0.15, 0.2) is 0 Å². The molecule has 0 spiro atoms. The number of nitrogens with zero attached hydrogens (tertiary/aromatic N) is 2. The van der Waals surface area contributed by atoms with Crippen molar-refractivity contribution in [1.82, 2.24) is 9.80 Å². The molecule has 0 bridgehead atoms. The molecule has 3 rings (SSSR count). The van der Waals surface area contributed by atoms with Crippen LogP contribution < -0.4 is 0 Å². The molecule has 3 aliphatic rings. The summed E-state index contributed by atoms with van der Waals surface area (Å²) >= 11 is 0. The Morgan fingerprint density at radius 3 is 1.64 bits per heavy atom. The molecule has 0 saturated carbocycles. The molecule has 2 unspecified atom stereocenters.